The minimum absolute atomic E-state index is 0.114. The van der Waals surface area contributed by atoms with E-state index in [2.05, 4.69) is 45.1 Å². The van der Waals surface area contributed by atoms with E-state index in [1.165, 1.54) is 0 Å². The van der Waals surface area contributed by atoms with Crippen molar-refractivity contribution >= 4 is 33.3 Å². The molecule has 1 aromatic heterocycles. The summed E-state index contributed by atoms with van der Waals surface area (Å²) in [5.74, 6) is 0.657. The first-order chi connectivity index (χ1) is 8.06. The van der Waals surface area contributed by atoms with Crippen LogP contribution in [0.2, 0.25) is 5.28 Å². The quantitative estimate of drug-likeness (QED) is 0.790. The average molecular weight is 323 g/mol. The van der Waals surface area contributed by atoms with Gasteiger partial charge in [0.25, 0.3) is 0 Å². The van der Waals surface area contributed by atoms with E-state index in [1.807, 2.05) is 0 Å². The Hall–Kier alpha value is -0.390. The Morgan fingerprint density at radius 1 is 1.47 bits per heavy atom. The first kappa shape index (κ1) is 14.7. The number of hydrogen-bond acceptors (Lipinski definition) is 4. The Labute approximate surface area is 115 Å². The molecule has 0 aromatic carbocycles. The van der Waals surface area contributed by atoms with Crippen LogP contribution >= 0.6 is 27.5 Å². The molecular formula is C11H17BrClN3O. The van der Waals surface area contributed by atoms with Gasteiger partial charge in [0.15, 0.2) is 0 Å². The van der Waals surface area contributed by atoms with Crippen molar-refractivity contribution in [3.8, 4) is 0 Å². The Bertz CT molecular complexity index is 363. The molecule has 0 bridgehead atoms. The second-order valence-electron chi connectivity index (χ2n) is 4.05. The van der Waals surface area contributed by atoms with E-state index < -0.39 is 0 Å². The number of anilines is 1. The highest BCUT2D eigenvalue weighted by atomic mass is 79.9. The third-order valence-electron chi connectivity index (χ3n) is 3.18. The van der Waals surface area contributed by atoms with Gasteiger partial charge in [-0.25, -0.2) is 4.98 Å². The average Bonchev–Trinajstić information content (AvgIpc) is 2.35. The van der Waals surface area contributed by atoms with Crippen LogP contribution in [0, 0.1) is 5.41 Å². The van der Waals surface area contributed by atoms with Crippen molar-refractivity contribution in [3.63, 3.8) is 0 Å². The number of aliphatic hydroxyl groups is 1. The molecule has 0 aliphatic heterocycles. The normalized spacial score (nSPS) is 11.6. The van der Waals surface area contributed by atoms with Crippen molar-refractivity contribution < 1.29 is 5.11 Å². The molecule has 0 saturated carbocycles. The molecule has 1 aromatic rings. The molecule has 96 valence electrons. The number of aliphatic hydroxyl groups excluding tert-OH is 1. The summed E-state index contributed by atoms with van der Waals surface area (Å²) in [4.78, 5) is 7.96. The van der Waals surface area contributed by atoms with E-state index >= 15 is 0 Å². The largest absolute Gasteiger partial charge is 0.396 e. The van der Waals surface area contributed by atoms with Crippen LogP contribution in [0.25, 0.3) is 0 Å². The van der Waals surface area contributed by atoms with Crippen molar-refractivity contribution in [1.82, 2.24) is 9.97 Å². The van der Waals surface area contributed by atoms with Gasteiger partial charge in [0, 0.05) is 18.2 Å². The fraction of sp³-hybridized carbons (Fsp3) is 0.636. The third-order valence-corrected chi connectivity index (χ3v) is 3.94. The number of halogens is 2. The molecule has 4 nitrogen and oxygen atoms in total. The van der Waals surface area contributed by atoms with Gasteiger partial charge in [-0.1, -0.05) is 13.8 Å². The van der Waals surface area contributed by atoms with E-state index in [9.17, 15) is 5.11 Å². The van der Waals surface area contributed by atoms with Crippen molar-refractivity contribution in [3.05, 3.63) is 16.0 Å². The Kier molecular flexibility index (Phi) is 5.62. The maximum atomic E-state index is 9.47. The maximum absolute atomic E-state index is 9.47. The zero-order chi connectivity index (χ0) is 12.9. The molecule has 0 saturated heterocycles. The van der Waals surface area contributed by atoms with E-state index in [4.69, 9.17) is 11.6 Å². The van der Waals surface area contributed by atoms with E-state index in [-0.39, 0.29) is 17.3 Å². The molecule has 0 unspecified atom stereocenters. The van der Waals surface area contributed by atoms with Gasteiger partial charge in [0.1, 0.15) is 5.82 Å². The summed E-state index contributed by atoms with van der Waals surface area (Å²) >= 11 is 9.09. The van der Waals surface area contributed by atoms with Gasteiger partial charge < -0.3 is 10.4 Å². The summed E-state index contributed by atoms with van der Waals surface area (Å²) in [5, 5.41) is 12.9. The number of aromatic nitrogens is 2. The van der Waals surface area contributed by atoms with E-state index in [0.29, 0.717) is 12.4 Å². The number of rotatable bonds is 6. The Morgan fingerprint density at radius 2 is 2.12 bits per heavy atom. The molecule has 17 heavy (non-hydrogen) atoms. The maximum Gasteiger partial charge on any atom is 0.224 e. The van der Waals surface area contributed by atoms with Crippen LogP contribution in [0.5, 0.6) is 0 Å². The van der Waals surface area contributed by atoms with Gasteiger partial charge in [0.05, 0.1) is 11.1 Å². The first-order valence-electron chi connectivity index (χ1n) is 5.59. The molecule has 2 N–H and O–H groups in total. The van der Waals surface area contributed by atoms with Gasteiger partial charge in [0.2, 0.25) is 5.28 Å². The highest BCUT2D eigenvalue weighted by molar-refractivity contribution is 9.10. The van der Waals surface area contributed by atoms with Crippen molar-refractivity contribution in [2.24, 2.45) is 5.41 Å². The molecule has 1 rings (SSSR count). The van der Waals surface area contributed by atoms with Gasteiger partial charge in [-0.05, 0) is 40.4 Å². The topological polar surface area (TPSA) is 58.0 Å². The van der Waals surface area contributed by atoms with Crippen LogP contribution in [0.3, 0.4) is 0 Å². The smallest absolute Gasteiger partial charge is 0.224 e. The fourth-order valence-corrected chi connectivity index (χ4v) is 1.98. The molecule has 0 aliphatic carbocycles. The molecule has 0 radical (unpaired) electrons. The zero-order valence-corrected chi connectivity index (χ0v) is 12.3. The summed E-state index contributed by atoms with van der Waals surface area (Å²) in [5.41, 5.74) is -0.114. The van der Waals surface area contributed by atoms with Crippen LogP contribution in [0.1, 0.15) is 26.7 Å². The third kappa shape index (κ3) is 3.79. The number of hydrogen-bond donors (Lipinski definition) is 2. The van der Waals surface area contributed by atoms with E-state index in [0.717, 1.165) is 17.3 Å². The summed E-state index contributed by atoms with van der Waals surface area (Å²) < 4.78 is 0.765. The lowest BCUT2D eigenvalue weighted by Crippen LogP contribution is -2.32. The predicted molar refractivity (Wildman–Crippen MR) is 73.3 cm³/mol. The van der Waals surface area contributed by atoms with Crippen molar-refractivity contribution in [2.75, 3.05) is 18.5 Å². The zero-order valence-electron chi connectivity index (χ0n) is 10.0. The molecule has 0 spiro atoms. The second-order valence-corrected chi connectivity index (χ2v) is 5.25. The van der Waals surface area contributed by atoms with Gasteiger partial charge >= 0.3 is 0 Å². The number of nitrogens with one attached hydrogen (secondary N) is 1. The standard InChI is InChI=1S/C11H17BrClN3O/c1-3-11(4-2,7-17)6-15-9-8(12)5-14-10(13)16-9/h5,17H,3-4,6-7H2,1-2H3,(H,14,15,16). The van der Waals surface area contributed by atoms with Gasteiger partial charge in [-0.2, -0.15) is 4.98 Å². The molecule has 0 aliphatic rings. The lowest BCUT2D eigenvalue weighted by molar-refractivity contribution is 0.127. The molecule has 0 amide bonds. The Morgan fingerprint density at radius 3 is 2.65 bits per heavy atom. The molecule has 0 atom stereocenters. The summed E-state index contributed by atoms with van der Waals surface area (Å²) in [7, 11) is 0. The monoisotopic (exact) mass is 321 g/mol. The van der Waals surface area contributed by atoms with Gasteiger partial charge in [-0.15, -0.1) is 0 Å². The van der Waals surface area contributed by atoms with Crippen molar-refractivity contribution in [1.29, 1.82) is 0 Å². The minimum Gasteiger partial charge on any atom is -0.396 e. The predicted octanol–water partition coefficient (Wildman–Crippen LogP) is 3.10. The van der Waals surface area contributed by atoms with E-state index in [1.54, 1.807) is 6.20 Å². The minimum atomic E-state index is -0.114. The highest BCUT2D eigenvalue weighted by Gasteiger charge is 2.25. The first-order valence-corrected chi connectivity index (χ1v) is 6.76. The van der Waals surface area contributed by atoms with Crippen LogP contribution in [-0.4, -0.2) is 28.2 Å². The Balaban J connectivity index is 2.75. The van der Waals surface area contributed by atoms with Crippen LogP contribution in [0.15, 0.2) is 10.7 Å². The SMILES string of the molecule is CCC(CC)(CO)CNc1nc(Cl)ncc1Br. The van der Waals surface area contributed by atoms with Crippen LogP contribution in [-0.2, 0) is 0 Å². The molecular weight excluding hydrogens is 305 g/mol. The number of nitrogens with zero attached hydrogens (tertiary/aromatic N) is 2. The molecule has 0 fully saturated rings. The van der Waals surface area contributed by atoms with Crippen LogP contribution < -0.4 is 5.32 Å². The van der Waals surface area contributed by atoms with Gasteiger partial charge in [-0.3, -0.25) is 0 Å². The summed E-state index contributed by atoms with van der Waals surface area (Å²) in [6, 6.07) is 0. The fourth-order valence-electron chi connectivity index (χ4n) is 1.52. The summed E-state index contributed by atoms with van der Waals surface area (Å²) in [6.45, 7) is 4.96. The highest BCUT2D eigenvalue weighted by Crippen LogP contribution is 2.27. The van der Waals surface area contributed by atoms with Crippen LogP contribution in [0.4, 0.5) is 5.82 Å². The second kappa shape index (κ2) is 6.52. The molecule has 1 heterocycles. The molecule has 6 heteroatoms. The van der Waals surface area contributed by atoms with Crippen molar-refractivity contribution in [2.45, 2.75) is 26.7 Å². The summed E-state index contributed by atoms with van der Waals surface area (Å²) in [6.07, 6.45) is 3.42. The lowest BCUT2D eigenvalue weighted by atomic mass is 9.83. The lowest BCUT2D eigenvalue weighted by Gasteiger charge is -2.29.